The fraction of sp³-hybridized carbons (Fsp3) is 0.364. The molecule has 0 radical (unpaired) electrons. The summed E-state index contributed by atoms with van der Waals surface area (Å²) >= 11 is 0. The van der Waals surface area contributed by atoms with Crippen LogP contribution in [0.3, 0.4) is 0 Å². The maximum absolute atomic E-state index is 11.5. The standard InChI is InChI=1S/C33H40N4O4/c1-6-25(7-2)37-17-16-26-22(4)24(15-14-23(26)19-37)20-41-31-21(3)10-8-11-27(31)29-12-9-13-30(35-29)36-32(40-5)28(18-34)33(38)39/h8-15,18,25,34H,6-7,16-17,19-20H2,1-5H3,(H,35,36)(H,38,39)/b32-28-,34-18?. The monoisotopic (exact) mass is 556 g/mol. The van der Waals surface area contributed by atoms with E-state index in [1.165, 1.54) is 42.2 Å². The van der Waals surface area contributed by atoms with Crippen molar-refractivity contribution in [3.05, 3.63) is 87.8 Å². The van der Waals surface area contributed by atoms with E-state index in [0.717, 1.165) is 42.6 Å². The van der Waals surface area contributed by atoms with Gasteiger partial charge in [0, 0.05) is 30.9 Å². The fourth-order valence-corrected chi connectivity index (χ4v) is 5.60. The van der Waals surface area contributed by atoms with Crippen molar-refractivity contribution < 1.29 is 19.4 Å². The molecule has 8 heteroatoms. The Morgan fingerprint density at radius 2 is 1.90 bits per heavy atom. The number of fused-ring (bicyclic) bond motifs is 1. The van der Waals surface area contributed by atoms with Gasteiger partial charge in [-0.05, 0) is 79.1 Å². The third kappa shape index (κ3) is 6.60. The fourth-order valence-electron chi connectivity index (χ4n) is 5.60. The quantitative estimate of drug-likeness (QED) is 0.133. The van der Waals surface area contributed by atoms with E-state index >= 15 is 0 Å². The van der Waals surface area contributed by atoms with Gasteiger partial charge < -0.3 is 25.3 Å². The molecule has 0 amide bonds. The zero-order valence-electron chi connectivity index (χ0n) is 24.6. The minimum atomic E-state index is -1.27. The lowest BCUT2D eigenvalue weighted by Crippen LogP contribution is -2.38. The lowest BCUT2D eigenvalue weighted by atomic mass is 9.91. The van der Waals surface area contributed by atoms with E-state index in [2.05, 4.69) is 43.1 Å². The molecule has 41 heavy (non-hydrogen) atoms. The first-order chi connectivity index (χ1) is 19.8. The van der Waals surface area contributed by atoms with Crippen molar-refractivity contribution in [1.82, 2.24) is 9.88 Å². The number of aryl methyl sites for hydroxylation is 1. The molecule has 0 saturated heterocycles. The van der Waals surface area contributed by atoms with E-state index in [1.807, 2.05) is 37.3 Å². The Bertz CT molecular complexity index is 1450. The number of nitrogens with zero attached hydrogens (tertiary/aromatic N) is 2. The third-order valence-corrected chi connectivity index (χ3v) is 7.96. The highest BCUT2D eigenvalue weighted by Gasteiger charge is 2.23. The summed E-state index contributed by atoms with van der Waals surface area (Å²) in [6.07, 6.45) is 4.15. The van der Waals surface area contributed by atoms with Crippen molar-refractivity contribution in [2.24, 2.45) is 0 Å². The Balaban J connectivity index is 1.58. The predicted molar refractivity (Wildman–Crippen MR) is 162 cm³/mol. The molecule has 8 nitrogen and oxygen atoms in total. The highest BCUT2D eigenvalue weighted by Crippen LogP contribution is 2.34. The summed E-state index contributed by atoms with van der Waals surface area (Å²) in [7, 11) is 1.34. The molecule has 216 valence electrons. The van der Waals surface area contributed by atoms with Gasteiger partial charge in [-0.15, -0.1) is 0 Å². The second-order valence-corrected chi connectivity index (χ2v) is 10.3. The van der Waals surface area contributed by atoms with Crippen LogP contribution < -0.4 is 10.1 Å². The molecule has 0 atom stereocenters. The smallest absolute Gasteiger partial charge is 0.342 e. The van der Waals surface area contributed by atoms with Gasteiger partial charge in [0.2, 0.25) is 5.88 Å². The van der Waals surface area contributed by atoms with E-state index in [1.54, 1.807) is 6.07 Å². The molecule has 0 bridgehead atoms. The molecule has 1 aromatic heterocycles. The topological polar surface area (TPSA) is 108 Å². The number of pyridine rings is 1. The minimum Gasteiger partial charge on any atom is -0.488 e. The highest BCUT2D eigenvalue weighted by molar-refractivity contribution is 6.08. The molecular weight excluding hydrogens is 516 g/mol. The van der Waals surface area contributed by atoms with E-state index in [4.69, 9.17) is 19.9 Å². The number of carboxylic acid groups (broad SMARTS) is 1. The molecule has 2 heterocycles. The largest absolute Gasteiger partial charge is 0.488 e. The van der Waals surface area contributed by atoms with Crippen LogP contribution in [0.15, 0.2) is 60.0 Å². The van der Waals surface area contributed by atoms with Crippen LogP contribution >= 0.6 is 0 Å². The first-order valence-corrected chi connectivity index (χ1v) is 14.1. The van der Waals surface area contributed by atoms with Gasteiger partial charge in [0.25, 0.3) is 0 Å². The summed E-state index contributed by atoms with van der Waals surface area (Å²) in [6, 6.07) is 16.5. The summed E-state index contributed by atoms with van der Waals surface area (Å²) < 4.78 is 11.7. The van der Waals surface area contributed by atoms with Crippen molar-refractivity contribution in [1.29, 1.82) is 5.41 Å². The predicted octanol–water partition coefficient (Wildman–Crippen LogP) is 6.50. The third-order valence-electron chi connectivity index (χ3n) is 7.96. The van der Waals surface area contributed by atoms with Crippen molar-refractivity contribution in [3.8, 4) is 17.0 Å². The maximum Gasteiger partial charge on any atom is 0.342 e. The summed E-state index contributed by atoms with van der Waals surface area (Å²) in [5.74, 6) is -0.192. The molecule has 3 aromatic rings. The van der Waals surface area contributed by atoms with Crippen molar-refractivity contribution in [2.75, 3.05) is 19.0 Å². The Morgan fingerprint density at radius 3 is 2.59 bits per heavy atom. The normalized spacial score (nSPS) is 13.8. The lowest BCUT2D eigenvalue weighted by Gasteiger charge is -2.35. The number of hydrogen-bond acceptors (Lipinski definition) is 7. The molecule has 0 fully saturated rings. The van der Waals surface area contributed by atoms with Crippen LogP contribution in [0.4, 0.5) is 5.82 Å². The molecule has 1 aliphatic heterocycles. The van der Waals surface area contributed by atoms with Gasteiger partial charge in [-0.3, -0.25) is 4.90 Å². The number of ether oxygens (including phenoxy) is 2. The Labute approximate surface area is 242 Å². The first kappa shape index (κ1) is 29.8. The van der Waals surface area contributed by atoms with Crippen LogP contribution in [0.2, 0.25) is 0 Å². The lowest BCUT2D eigenvalue weighted by molar-refractivity contribution is -0.132. The van der Waals surface area contributed by atoms with Gasteiger partial charge in [-0.1, -0.05) is 44.2 Å². The number of hydrogen-bond donors (Lipinski definition) is 3. The number of benzene rings is 2. The number of para-hydroxylation sites is 1. The van der Waals surface area contributed by atoms with Crippen LogP contribution in [0.1, 0.15) is 54.5 Å². The van der Waals surface area contributed by atoms with Crippen molar-refractivity contribution in [2.45, 2.75) is 66.2 Å². The Morgan fingerprint density at radius 1 is 1.15 bits per heavy atom. The van der Waals surface area contributed by atoms with Gasteiger partial charge in [-0.2, -0.15) is 0 Å². The summed E-state index contributed by atoms with van der Waals surface area (Å²) in [4.78, 5) is 18.8. The van der Waals surface area contributed by atoms with Gasteiger partial charge in [0.1, 0.15) is 23.7 Å². The van der Waals surface area contributed by atoms with E-state index in [-0.39, 0.29) is 11.5 Å². The van der Waals surface area contributed by atoms with E-state index < -0.39 is 5.97 Å². The number of rotatable bonds is 12. The molecule has 0 spiro atoms. The number of carboxylic acids is 1. The molecule has 0 saturated carbocycles. The number of carbonyl (C=O) groups is 1. The summed E-state index contributed by atoms with van der Waals surface area (Å²) in [6.45, 7) is 11.3. The van der Waals surface area contributed by atoms with Crippen LogP contribution in [0, 0.1) is 19.3 Å². The van der Waals surface area contributed by atoms with Crippen molar-refractivity contribution in [3.63, 3.8) is 0 Å². The molecule has 1 aliphatic rings. The molecule has 4 rings (SSSR count). The van der Waals surface area contributed by atoms with Gasteiger partial charge in [-0.25, -0.2) is 9.78 Å². The van der Waals surface area contributed by atoms with E-state index in [9.17, 15) is 9.90 Å². The van der Waals surface area contributed by atoms with Crippen LogP contribution in [-0.2, 0) is 29.1 Å². The van der Waals surface area contributed by atoms with Gasteiger partial charge in [0.15, 0.2) is 0 Å². The molecule has 0 aliphatic carbocycles. The average molecular weight is 557 g/mol. The molecule has 3 N–H and O–H groups in total. The van der Waals surface area contributed by atoms with Crippen LogP contribution in [-0.4, -0.2) is 46.9 Å². The number of methoxy groups -OCH3 is 1. The molecular formula is C33H40N4O4. The Hall–Kier alpha value is -4.17. The number of anilines is 1. The summed E-state index contributed by atoms with van der Waals surface area (Å²) in [5, 5.41) is 19.7. The SMILES string of the molecule is CCC(CC)N1CCc2c(ccc(COc3c(C)cccc3-c3cccc(N/C(OC)=C(\C=N)C(=O)O)n3)c2C)C1. The van der Waals surface area contributed by atoms with Gasteiger partial charge in [0.05, 0.1) is 12.8 Å². The zero-order chi connectivity index (χ0) is 29.5. The highest BCUT2D eigenvalue weighted by atomic mass is 16.5. The second-order valence-electron chi connectivity index (χ2n) is 10.3. The van der Waals surface area contributed by atoms with E-state index in [0.29, 0.717) is 24.2 Å². The summed E-state index contributed by atoms with van der Waals surface area (Å²) in [5.41, 5.74) is 7.56. The second kappa shape index (κ2) is 13.5. The Kier molecular flexibility index (Phi) is 9.78. The van der Waals surface area contributed by atoms with Crippen LogP contribution in [0.5, 0.6) is 5.75 Å². The number of aliphatic carboxylic acids is 1. The number of nitrogens with one attached hydrogen (secondary N) is 2. The van der Waals surface area contributed by atoms with Gasteiger partial charge >= 0.3 is 5.97 Å². The minimum absolute atomic E-state index is 0.0659. The number of aromatic nitrogens is 1. The maximum atomic E-state index is 11.5. The molecule has 0 unspecified atom stereocenters. The molecule has 2 aromatic carbocycles. The average Bonchev–Trinajstić information content (AvgIpc) is 2.97. The van der Waals surface area contributed by atoms with Crippen LogP contribution in [0.25, 0.3) is 11.3 Å². The zero-order valence-corrected chi connectivity index (χ0v) is 24.6. The first-order valence-electron chi connectivity index (χ1n) is 14.1. The van der Waals surface area contributed by atoms with Crippen molar-refractivity contribution >= 4 is 18.0 Å².